The fraction of sp³-hybridized carbons (Fsp3) is 0.438. The molecule has 7 heteroatoms. The molecule has 1 atom stereocenters. The van der Waals surface area contributed by atoms with Gasteiger partial charge in [-0.1, -0.05) is 0 Å². The topological polar surface area (TPSA) is 95.5 Å². The van der Waals surface area contributed by atoms with Crippen LogP contribution in [0.1, 0.15) is 30.1 Å². The second kappa shape index (κ2) is 8.01. The number of carbonyl (C=O) groups excluding carboxylic acids is 2. The van der Waals surface area contributed by atoms with Crippen molar-refractivity contribution in [2.45, 2.75) is 25.8 Å². The van der Waals surface area contributed by atoms with E-state index in [1.165, 1.54) is 6.92 Å². The van der Waals surface area contributed by atoms with Gasteiger partial charge in [0.25, 0.3) is 5.91 Å². The molecule has 0 spiro atoms. The Morgan fingerprint density at radius 3 is 2.35 bits per heavy atom. The van der Waals surface area contributed by atoms with Gasteiger partial charge >= 0.3 is 5.97 Å². The van der Waals surface area contributed by atoms with Gasteiger partial charge in [0, 0.05) is 17.2 Å². The maximum absolute atomic E-state index is 12.1. The van der Waals surface area contributed by atoms with E-state index in [0.29, 0.717) is 11.3 Å². The third-order valence-electron chi connectivity index (χ3n) is 3.72. The number of anilines is 1. The number of nitrogens with one attached hydrogen (secondary N) is 2. The molecule has 1 fully saturated rings. The molecule has 2 rings (SSSR count). The fourth-order valence-corrected chi connectivity index (χ4v) is 3.36. The van der Waals surface area contributed by atoms with Crippen LogP contribution in [-0.2, 0) is 9.59 Å². The Morgan fingerprint density at radius 2 is 1.78 bits per heavy atom. The summed E-state index contributed by atoms with van der Waals surface area (Å²) in [6.45, 7) is 1.40. The number of thioether (sulfide) groups is 1. The van der Waals surface area contributed by atoms with E-state index in [2.05, 4.69) is 10.6 Å². The minimum Gasteiger partial charge on any atom is -0.480 e. The molecule has 0 aliphatic carbocycles. The van der Waals surface area contributed by atoms with Gasteiger partial charge in [0.1, 0.15) is 6.04 Å². The Bertz CT molecular complexity index is 582. The molecule has 1 heterocycles. The van der Waals surface area contributed by atoms with Crippen LogP contribution < -0.4 is 10.6 Å². The first kappa shape index (κ1) is 17.3. The zero-order valence-electron chi connectivity index (χ0n) is 12.9. The van der Waals surface area contributed by atoms with E-state index < -0.39 is 17.9 Å². The minimum absolute atomic E-state index is 0.0157. The predicted octanol–water partition coefficient (Wildman–Crippen LogP) is 1.97. The number of rotatable bonds is 5. The maximum Gasteiger partial charge on any atom is 0.325 e. The highest BCUT2D eigenvalue weighted by Crippen LogP contribution is 2.24. The second-order valence-corrected chi connectivity index (χ2v) is 6.71. The molecule has 1 unspecified atom stereocenters. The molecule has 0 saturated carbocycles. The van der Waals surface area contributed by atoms with Crippen LogP contribution >= 0.6 is 11.8 Å². The van der Waals surface area contributed by atoms with Crippen molar-refractivity contribution in [1.82, 2.24) is 5.32 Å². The summed E-state index contributed by atoms with van der Waals surface area (Å²) in [4.78, 5) is 34.7. The summed E-state index contributed by atoms with van der Waals surface area (Å²) < 4.78 is 0. The third-order valence-corrected chi connectivity index (χ3v) is 4.77. The van der Waals surface area contributed by atoms with E-state index >= 15 is 0 Å². The number of aliphatic carboxylic acids is 1. The van der Waals surface area contributed by atoms with E-state index in [1.54, 1.807) is 24.3 Å². The van der Waals surface area contributed by atoms with Gasteiger partial charge in [-0.05, 0) is 55.5 Å². The van der Waals surface area contributed by atoms with Crippen LogP contribution in [-0.4, -0.2) is 40.4 Å². The van der Waals surface area contributed by atoms with Crippen molar-refractivity contribution in [3.8, 4) is 0 Å². The molecular weight excluding hydrogens is 316 g/mol. The van der Waals surface area contributed by atoms with Gasteiger partial charge < -0.3 is 15.7 Å². The lowest BCUT2D eigenvalue weighted by atomic mass is 10.0. The number of carbonyl (C=O) groups is 3. The van der Waals surface area contributed by atoms with Crippen LogP contribution in [0.25, 0.3) is 0 Å². The van der Waals surface area contributed by atoms with Gasteiger partial charge in [0.2, 0.25) is 5.91 Å². The van der Waals surface area contributed by atoms with Crippen molar-refractivity contribution in [1.29, 1.82) is 0 Å². The Hall–Kier alpha value is -2.02. The number of benzene rings is 1. The molecule has 1 saturated heterocycles. The number of carboxylic acids is 1. The van der Waals surface area contributed by atoms with E-state index in [4.69, 9.17) is 5.11 Å². The average Bonchev–Trinajstić information content (AvgIpc) is 2.56. The lowest BCUT2D eigenvalue weighted by Crippen LogP contribution is -2.38. The molecule has 1 aliphatic rings. The van der Waals surface area contributed by atoms with Crippen molar-refractivity contribution in [2.24, 2.45) is 5.92 Å². The summed E-state index contributed by atoms with van der Waals surface area (Å²) in [6.07, 6.45) is 1.79. The molecule has 0 aromatic heterocycles. The Balaban J connectivity index is 1.92. The second-order valence-electron chi connectivity index (χ2n) is 5.49. The molecule has 23 heavy (non-hydrogen) atoms. The summed E-state index contributed by atoms with van der Waals surface area (Å²) >= 11 is 1.87. The summed E-state index contributed by atoms with van der Waals surface area (Å²) in [5, 5.41) is 14.0. The summed E-state index contributed by atoms with van der Waals surface area (Å²) in [5.74, 6) is 0.547. The van der Waals surface area contributed by atoms with E-state index in [0.717, 1.165) is 24.3 Å². The Morgan fingerprint density at radius 1 is 1.17 bits per heavy atom. The maximum atomic E-state index is 12.1. The predicted molar refractivity (Wildman–Crippen MR) is 89.7 cm³/mol. The molecule has 2 amide bonds. The number of amides is 2. The van der Waals surface area contributed by atoms with Crippen molar-refractivity contribution < 1.29 is 19.5 Å². The lowest BCUT2D eigenvalue weighted by molar-refractivity contribution is -0.138. The van der Waals surface area contributed by atoms with E-state index in [-0.39, 0.29) is 11.8 Å². The van der Waals surface area contributed by atoms with Crippen LogP contribution in [0.2, 0.25) is 0 Å². The molecule has 0 radical (unpaired) electrons. The van der Waals surface area contributed by atoms with Crippen LogP contribution in [0.5, 0.6) is 0 Å². The third kappa shape index (κ3) is 4.99. The van der Waals surface area contributed by atoms with Gasteiger partial charge in [0.05, 0.1) is 0 Å². The normalized spacial score (nSPS) is 16.4. The van der Waals surface area contributed by atoms with Crippen molar-refractivity contribution in [3.05, 3.63) is 29.8 Å². The van der Waals surface area contributed by atoms with Crippen molar-refractivity contribution >= 4 is 35.2 Å². The Labute approximate surface area is 139 Å². The summed E-state index contributed by atoms with van der Waals surface area (Å²) in [5.41, 5.74) is 0.987. The molecule has 1 aromatic rings. The quantitative estimate of drug-likeness (QED) is 0.764. The molecule has 124 valence electrons. The van der Waals surface area contributed by atoms with Crippen molar-refractivity contribution in [2.75, 3.05) is 16.8 Å². The standard InChI is InChI=1S/C16H20N2O4S/c1-10(16(21)22)17-14(19)11-2-4-13(5-3-11)18-15(20)12-6-8-23-9-7-12/h2-5,10,12H,6-9H2,1H3,(H,17,19)(H,18,20)(H,21,22). The Kier molecular flexibility index (Phi) is 6.04. The highest BCUT2D eigenvalue weighted by Gasteiger charge is 2.21. The monoisotopic (exact) mass is 336 g/mol. The van der Waals surface area contributed by atoms with E-state index in [9.17, 15) is 14.4 Å². The average molecular weight is 336 g/mol. The zero-order chi connectivity index (χ0) is 16.8. The van der Waals surface area contributed by atoms with Crippen molar-refractivity contribution in [3.63, 3.8) is 0 Å². The molecule has 0 bridgehead atoms. The van der Waals surface area contributed by atoms with E-state index in [1.807, 2.05) is 11.8 Å². The van der Waals surface area contributed by atoms with Gasteiger partial charge in [-0.15, -0.1) is 0 Å². The van der Waals surface area contributed by atoms with Gasteiger partial charge in [-0.25, -0.2) is 0 Å². The largest absolute Gasteiger partial charge is 0.480 e. The molecular formula is C16H20N2O4S. The molecule has 3 N–H and O–H groups in total. The van der Waals surface area contributed by atoms with Crippen LogP contribution in [0.4, 0.5) is 5.69 Å². The first-order valence-corrected chi connectivity index (χ1v) is 8.65. The summed E-state index contributed by atoms with van der Waals surface area (Å²) in [6, 6.07) is 5.48. The molecule has 1 aromatic carbocycles. The number of hydrogen-bond acceptors (Lipinski definition) is 4. The highest BCUT2D eigenvalue weighted by molar-refractivity contribution is 7.99. The van der Waals surface area contributed by atoms with Crippen LogP contribution in [0, 0.1) is 5.92 Å². The highest BCUT2D eigenvalue weighted by atomic mass is 32.2. The number of hydrogen-bond donors (Lipinski definition) is 3. The SMILES string of the molecule is CC(NC(=O)c1ccc(NC(=O)C2CCSCC2)cc1)C(=O)O. The summed E-state index contributed by atoms with van der Waals surface area (Å²) in [7, 11) is 0. The van der Waals surface area contributed by atoms with Gasteiger partial charge in [0.15, 0.2) is 0 Å². The van der Waals surface area contributed by atoms with Crippen LogP contribution in [0.3, 0.4) is 0 Å². The molecule has 1 aliphatic heterocycles. The smallest absolute Gasteiger partial charge is 0.325 e. The first-order valence-electron chi connectivity index (χ1n) is 7.49. The lowest BCUT2D eigenvalue weighted by Gasteiger charge is -2.20. The zero-order valence-corrected chi connectivity index (χ0v) is 13.7. The molecule has 6 nitrogen and oxygen atoms in total. The number of carboxylic acid groups (broad SMARTS) is 1. The van der Waals surface area contributed by atoms with Crippen LogP contribution in [0.15, 0.2) is 24.3 Å². The van der Waals surface area contributed by atoms with Gasteiger partial charge in [-0.2, -0.15) is 11.8 Å². The minimum atomic E-state index is -1.09. The first-order chi connectivity index (χ1) is 11.0. The fourth-order valence-electron chi connectivity index (χ4n) is 2.25. The van der Waals surface area contributed by atoms with Gasteiger partial charge in [-0.3, -0.25) is 14.4 Å².